The van der Waals surface area contributed by atoms with Gasteiger partial charge in [0.25, 0.3) is 11.8 Å². The van der Waals surface area contributed by atoms with Crippen molar-refractivity contribution in [1.82, 2.24) is 20.1 Å². The minimum absolute atomic E-state index is 0.0608. The van der Waals surface area contributed by atoms with Crippen molar-refractivity contribution in [2.24, 2.45) is 0 Å². The number of amides is 2. The van der Waals surface area contributed by atoms with Crippen LogP contribution in [-0.2, 0) is 4.74 Å². The predicted octanol–water partition coefficient (Wildman–Crippen LogP) is 3.00. The number of carbonyl (C=O) groups is 2. The second-order valence-corrected chi connectivity index (χ2v) is 6.68. The van der Waals surface area contributed by atoms with Crippen molar-refractivity contribution in [3.8, 4) is 5.69 Å². The summed E-state index contributed by atoms with van der Waals surface area (Å²) in [6.45, 7) is 2.42. The van der Waals surface area contributed by atoms with Gasteiger partial charge in [0.15, 0.2) is 0 Å². The van der Waals surface area contributed by atoms with Gasteiger partial charge in [0.05, 0.1) is 22.9 Å². The number of anilines is 1. The van der Waals surface area contributed by atoms with E-state index in [-0.39, 0.29) is 28.1 Å². The van der Waals surface area contributed by atoms with E-state index in [4.69, 9.17) is 16.3 Å². The quantitative estimate of drug-likeness (QED) is 0.560. The van der Waals surface area contributed by atoms with Gasteiger partial charge >= 0.3 is 0 Å². The molecule has 0 atom stereocenters. The van der Waals surface area contributed by atoms with E-state index < -0.39 is 5.91 Å². The van der Waals surface area contributed by atoms with Gasteiger partial charge in [0, 0.05) is 19.3 Å². The lowest BCUT2D eigenvalue weighted by Crippen LogP contribution is -2.27. The molecule has 3 rings (SSSR count). The fraction of sp³-hybridized carbons (Fsp3) is 0.200. The number of halogens is 2. The summed E-state index contributed by atoms with van der Waals surface area (Å²) >= 11 is 6.18. The maximum Gasteiger partial charge on any atom is 0.295 e. The highest BCUT2D eigenvalue weighted by molar-refractivity contribution is 6.34. The Bertz CT molecular complexity index is 1070. The van der Waals surface area contributed by atoms with Crippen LogP contribution in [0.25, 0.3) is 5.69 Å². The van der Waals surface area contributed by atoms with Crippen molar-refractivity contribution in [2.75, 3.05) is 25.6 Å². The van der Waals surface area contributed by atoms with Crippen LogP contribution in [0.3, 0.4) is 0 Å². The molecule has 2 aromatic carbocycles. The second-order valence-electron chi connectivity index (χ2n) is 6.27. The van der Waals surface area contributed by atoms with Gasteiger partial charge in [0.2, 0.25) is 5.82 Å². The van der Waals surface area contributed by atoms with Gasteiger partial charge in [-0.2, -0.15) is 0 Å². The Balaban J connectivity index is 1.72. The molecule has 3 aromatic rings. The first kappa shape index (κ1) is 21.4. The van der Waals surface area contributed by atoms with Crippen molar-refractivity contribution in [1.29, 1.82) is 0 Å². The molecule has 2 N–H and O–H groups in total. The summed E-state index contributed by atoms with van der Waals surface area (Å²) in [5, 5.41) is 9.68. The van der Waals surface area contributed by atoms with Gasteiger partial charge in [0.1, 0.15) is 11.6 Å². The Morgan fingerprint density at radius 1 is 1.17 bits per heavy atom. The van der Waals surface area contributed by atoms with E-state index in [9.17, 15) is 14.0 Å². The summed E-state index contributed by atoms with van der Waals surface area (Å²) in [4.78, 5) is 28.8. The molecule has 0 aliphatic carbocycles. The minimum atomic E-state index is -0.549. The Morgan fingerprint density at radius 3 is 2.57 bits per heavy atom. The monoisotopic (exact) mass is 431 g/mol. The molecule has 1 heterocycles. The molecule has 156 valence electrons. The van der Waals surface area contributed by atoms with Crippen LogP contribution in [0.5, 0.6) is 0 Å². The van der Waals surface area contributed by atoms with Gasteiger partial charge in [-0.1, -0.05) is 11.6 Å². The van der Waals surface area contributed by atoms with Crippen molar-refractivity contribution in [3.63, 3.8) is 0 Å². The molecule has 2 amide bonds. The third-order valence-corrected chi connectivity index (χ3v) is 4.42. The van der Waals surface area contributed by atoms with E-state index in [2.05, 4.69) is 20.7 Å². The van der Waals surface area contributed by atoms with Crippen molar-refractivity contribution in [3.05, 3.63) is 70.5 Å². The van der Waals surface area contributed by atoms with Crippen molar-refractivity contribution >= 4 is 29.1 Å². The van der Waals surface area contributed by atoms with Crippen LogP contribution in [0.15, 0.2) is 42.5 Å². The molecule has 0 saturated heterocycles. The minimum Gasteiger partial charge on any atom is -0.383 e. The summed E-state index contributed by atoms with van der Waals surface area (Å²) in [6.07, 6.45) is 0. The van der Waals surface area contributed by atoms with E-state index in [0.29, 0.717) is 30.4 Å². The van der Waals surface area contributed by atoms with Gasteiger partial charge < -0.3 is 15.4 Å². The normalized spacial score (nSPS) is 10.7. The maximum absolute atomic E-state index is 13.1. The zero-order valence-corrected chi connectivity index (χ0v) is 17.0. The molecule has 30 heavy (non-hydrogen) atoms. The Hall–Kier alpha value is -3.30. The molecule has 8 nitrogen and oxygen atoms in total. The standard InChI is InChI=1S/C20H19ClFN5O3/c1-12-24-18(26-27(12)15-6-3-13(22)4-7-15)20(29)25-14-5-8-16(17(21)11-14)19(28)23-9-10-30-2/h3-8,11H,9-10H2,1-2H3,(H,23,28)(H,25,29). The number of hydrogen-bond acceptors (Lipinski definition) is 5. The van der Waals surface area contributed by atoms with E-state index >= 15 is 0 Å². The fourth-order valence-electron chi connectivity index (χ4n) is 2.64. The number of aryl methyl sites for hydroxylation is 1. The second kappa shape index (κ2) is 9.47. The van der Waals surface area contributed by atoms with Crippen LogP contribution in [0.2, 0.25) is 5.02 Å². The number of aromatic nitrogens is 3. The predicted molar refractivity (Wildman–Crippen MR) is 110 cm³/mol. The summed E-state index contributed by atoms with van der Waals surface area (Å²) in [7, 11) is 1.54. The lowest BCUT2D eigenvalue weighted by Gasteiger charge is -2.08. The Kier molecular flexibility index (Phi) is 6.76. The lowest BCUT2D eigenvalue weighted by molar-refractivity contribution is 0.0936. The topological polar surface area (TPSA) is 98.1 Å². The molecule has 0 radical (unpaired) electrons. The van der Waals surface area contributed by atoms with Crippen LogP contribution in [0, 0.1) is 12.7 Å². The summed E-state index contributed by atoms with van der Waals surface area (Å²) in [5.41, 5.74) is 1.24. The molecule has 0 aliphatic heterocycles. The molecular formula is C20H19ClFN5O3. The fourth-order valence-corrected chi connectivity index (χ4v) is 2.91. The molecular weight excluding hydrogens is 413 g/mol. The van der Waals surface area contributed by atoms with E-state index in [1.54, 1.807) is 13.0 Å². The number of ether oxygens (including phenoxy) is 1. The largest absolute Gasteiger partial charge is 0.383 e. The lowest BCUT2D eigenvalue weighted by atomic mass is 10.2. The van der Waals surface area contributed by atoms with Crippen LogP contribution in [0.4, 0.5) is 10.1 Å². The molecule has 0 bridgehead atoms. The van der Waals surface area contributed by atoms with Crippen LogP contribution in [0.1, 0.15) is 26.8 Å². The Labute approximate surface area is 177 Å². The zero-order valence-electron chi connectivity index (χ0n) is 16.3. The number of rotatable bonds is 7. The smallest absolute Gasteiger partial charge is 0.295 e. The summed E-state index contributed by atoms with van der Waals surface area (Å²) < 4.78 is 19.4. The highest BCUT2D eigenvalue weighted by Gasteiger charge is 2.17. The van der Waals surface area contributed by atoms with Crippen LogP contribution in [-0.4, -0.2) is 46.8 Å². The number of nitrogens with zero attached hydrogens (tertiary/aromatic N) is 3. The SMILES string of the molecule is COCCNC(=O)c1ccc(NC(=O)c2nc(C)n(-c3ccc(F)cc3)n2)cc1Cl. The number of carbonyl (C=O) groups excluding carboxylic acids is 2. The van der Waals surface area contributed by atoms with Crippen molar-refractivity contribution in [2.45, 2.75) is 6.92 Å². The first-order chi connectivity index (χ1) is 14.4. The average Bonchev–Trinajstić information content (AvgIpc) is 3.10. The van der Waals surface area contributed by atoms with Gasteiger partial charge in [-0.05, 0) is 49.4 Å². The highest BCUT2D eigenvalue weighted by Crippen LogP contribution is 2.21. The van der Waals surface area contributed by atoms with Crippen molar-refractivity contribution < 1.29 is 18.7 Å². The summed E-state index contributed by atoms with van der Waals surface area (Å²) in [6, 6.07) is 10.2. The first-order valence-electron chi connectivity index (χ1n) is 8.96. The highest BCUT2D eigenvalue weighted by atomic mass is 35.5. The molecule has 1 aromatic heterocycles. The molecule has 0 saturated carbocycles. The number of methoxy groups -OCH3 is 1. The van der Waals surface area contributed by atoms with Gasteiger partial charge in [-0.25, -0.2) is 14.1 Å². The van der Waals surface area contributed by atoms with Gasteiger partial charge in [-0.3, -0.25) is 9.59 Å². The van der Waals surface area contributed by atoms with E-state index in [0.717, 1.165) is 0 Å². The molecule has 0 fully saturated rings. The van der Waals surface area contributed by atoms with E-state index in [1.165, 1.54) is 48.2 Å². The summed E-state index contributed by atoms with van der Waals surface area (Å²) in [5.74, 6) is -0.859. The third kappa shape index (κ3) is 5.00. The zero-order chi connectivity index (χ0) is 21.7. The maximum atomic E-state index is 13.1. The molecule has 10 heteroatoms. The molecule has 0 unspecified atom stereocenters. The Morgan fingerprint density at radius 2 is 1.90 bits per heavy atom. The number of hydrogen-bond donors (Lipinski definition) is 2. The van der Waals surface area contributed by atoms with Crippen LogP contribution < -0.4 is 10.6 Å². The first-order valence-corrected chi connectivity index (χ1v) is 9.34. The van der Waals surface area contributed by atoms with Gasteiger partial charge in [-0.15, -0.1) is 5.10 Å². The van der Waals surface area contributed by atoms with E-state index in [1.807, 2.05) is 0 Å². The average molecular weight is 432 g/mol. The number of benzene rings is 2. The molecule has 0 spiro atoms. The third-order valence-electron chi connectivity index (χ3n) is 4.11. The number of nitrogens with one attached hydrogen (secondary N) is 2. The van der Waals surface area contributed by atoms with Crippen LogP contribution >= 0.6 is 11.6 Å². The molecule has 0 aliphatic rings.